The highest BCUT2D eigenvalue weighted by atomic mass is 35.5. The maximum Gasteiger partial charge on any atom is 0.410 e. The van der Waals surface area contributed by atoms with Crippen LogP contribution in [-0.2, 0) is 62.3 Å². The quantitative estimate of drug-likeness (QED) is 0.139. The van der Waals surface area contributed by atoms with Crippen LogP contribution in [0.4, 0.5) is 18.0 Å². The number of likely N-dealkylation sites (N-methyl/N-ethyl adjacent to an activating group) is 8. The zero-order valence-corrected chi connectivity index (χ0v) is 70.4. The first-order valence-electron chi connectivity index (χ1n) is 41.5. The molecule has 112 heavy (non-hydrogen) atoms. The molecule has 3 aliphatic heterocycles. The van der Waals surface area contributed by atoms with E-state index in [0.717, 1.165) is 72.5 Å². The lowest BCUT2D eigenvalue weighted by molar-refractivity contribution is -0.182. The largest absolute Gasteiger partial charge is 0.444 e. The van der Waals surface area contributed by atoms with E-state index < -0.39 is 192 Å². The maximum atomic E-state index is 16.1. The highest BCUT2D eigenvalue weighted by molar-refractivity contribution is 6.21. The average molecular weight is 1610 g/mol. The minimum atomic E-state index is -4.55. The number of alkyl halides is 4. The van der Waals surface area contributed by atoms with Gasteiger partial charge in [-0.1, -0.05) is 98.3 Å². The normalized spacial score (nSPS) is 28.6. The molecule has 31 heteroatoms. The van der Waals surface area contributed by atoms with Gasteiger partial charge in [-0.15, -0.1) is 11.6 Å². The predicted octanol–water partition coefficient (Wildman–Crippen LogP) is 7.97. The average Bonchev–Trinajstić information content (AvgIpc) is 1.59. The third-order valence-corrected chi connectivity index (χ3v) is 25.7. The van der Waals surface area contributed by atoms with Crippen LogP contribution in [0.25, 0.3) is 0 Å². The zero-order chi connectivity index (χ0) is 83.0. The molecule has 3 heterocycles. The van der Waals surface area contributed by atoms with Crippen LogP contribution in [0.1, 0.15) is 228 Å². The molecule has 7 aliphatic rings. The molecule has 634 valence electrons. The molecule has 0 aromatic heterocycles. The first-order valence-corrected chi connectivity index (χ1v) is 42.0. The number of amides is 13. The molecular weight excluding hydrogens is 1470 g/mol. The van der Waals surface area contributed by atoms with Crippen molar-refractivity contribution in [3.05, 3.63) is 0 Å². The Morgan fingerprint density at radius 2 is 1.12 bits per heavy atom. The lowest BCUT2D eigenvalue weighted by Crippen LogP contribution is -2.65. The van der Waals surface area contributed by atoms with Crippen LogP contribution in [0.2, 0.25) is 0 Å². The van der Waals surface area contributed by atoms with Crippen molar-refractivity contribution in [1.29, 1.82) is 0 Å². The number of likely N-dealkylation sites (tertiary alicyclic amines) is 2. The van der Waals surface area contributed by atoms with Crippen molar-refractivity contribution in [1.82, 2.24) is 64.9 Å². The lowest BCUT2D eigenvalue weighted by Gasteiger charge is -2.44. The Morgan fingerprint density at radius 3 is 1.71 bits per heavy atom. The second kappa shape index (κ2) is 41.0. The minimum Gasteiger partial charge on any atom is -0.444 e. The summed E-state index contributed by atoms with van der Waals surface area (Å²) in [6.07, 6.45) is 6.11. The lowest BCUT2D eigenvalue weighted by atomic mass is 9.78. The fourth-order valence-corrected chi connectivity index (χ4v) is 18.4. The third-order valence-electron chi connectivity index (χ3n) is 25.2. The molecule has 0 radical (unpaired) electrons. The summed E-state index contributed by atoms with van der Waals surface area (Å²) < 4.78 is 48.3. The van der Waals surface area contributed by atoms with Crippen LogP contribution in [0, 0.1) is 41.4 Å². The van der Waals surface area contributed by atoms with Gasteiger partial charge in [-0.05, 0) is 159 Å². The Balaban J connectivity index is 1.33. The summed E-state index contributed by atoms with van der Waals surface area (Å²) in [6.45, 7) is 12.1. The van der Waals surface area contributed by atoms with Crippen LogP contribution >= 0.6 is 11.6 Å². The fourth-order valence-electron chi connectivity index (χ4n) is 17.8. The molecule has 3 saturated heterocycles. The van der Waals surface area contributed by atoms with Crippen molar-refractivity contribution >= 4 is 88.6 Å². The topological polar surface area (TPSA) is 300 Å². The van der Waals surface area contributed by atoms with Gasteiger partial charge in [0.1, 0.15) is 53.4 Å². The van der Waals surface area contributed by atoms with Crippen LogP contribution in [0.15, 0.2) is 0 Å². The molecule has 7 rings (SSSR count). The summed E-state index contributed by atoms with van der Waals surface area (Å²) in [5.41, 5.74) is -2.45. The van der Waals surface area contributed by atoms with E-state index in [9.17, 15) is 41.9 Å². The number of nitrogens with one attached hydrogen (secondary N) is 3. The summed E-state index contributed by atoms with van der Waals surface area (Å²) in [5.74, 6) is -11.4. The molecule has 4 saturated carbocycles. The highest BCUT2D eigenvalue weighted by Gasteiger charge is 2.52. The van der Waals surface area contributed by atoms with Gasteiger partial charge < -0.3 is 69.7 Å². The molecule has 0 aromatic carbocycles. The van der Waals surface area contributed by atoms with E-state index in [1.165, 1.54) is 85.8 Å². The molecule has 0 bridgehead atoms. The molecule has 1 spiro atoms. The molecule has 11 atom stereocenters. The van der Waals surface area contributed by atoms with Crippen LogP contribution < -0.4 is 16.0 Å². The Morgan fingerprint density at radius 1 is 0.554 bits per heavy atom. The van der Waals surface area contributed by atoms with Gasteiger partial charge in [0.25, 0.3) is 0 Å². The summed E-state index contributed by atoms with van der Waals surface area (Å²) >= 11 is 6.48. The Hall–Kier alpha value is -7.01. The number of nitrogens with zero attached hydrogens (tertiary/aromatic N) is 10. The van der Waals surface area contributed by atoms with Crippen molar-refractivity contribution in [3.8, 4) is 0 Å². The number of hydrogen-bond acceptors (Lipinski definition) is 14. The van der Waals surface area contributed by atoms with Crippen molar-refractivity contribution in [2.45, 2.75) is 293 Å². The maximum absolute atomic E-state index is 16.1. The Bertz CT molecular complexity index is 3280. The van der Waals surface area contributed by atoms with Gasteiger partial charge in [0, 0.05) is 87.9 Å². The van der Waals surface area contributed by atoms with E-state index in [4.69, 9.17) is 16.3 Å². The van der Waals surface area contributed by atoms with Gasteiger partial charge in [-0.25, -0.2) is 4.79 Å². The smallest absolute Gasteiger partial charge is 0.410 e. The minimum absolute atomic E-state index is 0.000177. The van der Waals surface area contributed by atoms with E-state index in [2.05, 4.69) is 16.0 Å². The molecular formula is C81H133ClF3N13O14. The monoisotopic (exact) mass is 1600 g/mol. The molecule has 0 aromatic rings. The number of carbonyl (C=O) groups is 13. The molecule has 13 amide bonds. The molecule has 3 N–H and O–H groups in total. The van der Waals surface area contributed by atoms with Crippen LogP contribution in [0.5, 0.6) is 0 Å². The number of carbonyl (C=O) groups excluding carboxylic acids is 13. The van der Waals surface area contributed by atoms with Gasteiger partial charge in [0.2, 0.25) is 70.9 Å². The second-order valence-electron chi connectivity index (χ2n) is 35.3. The number of halogens is 4. The van der Waals surface area contributed by atoms with Gasteiger partial charge in [-0.3, -0.25) is 57.5 Å². The Kier molecular flexibility index (Phi) is 33.8. The summed E-state index contributed by atoms with van der Waals surface area (Å²) in [4.78, 5) is 209. The summed E-state index contributed by atoms with van der Waals surface area (Å²) in [5, 5.41) is 7.65. The number of hydrogen-bond donors (Lipinski definition) is 3. The highest BCUT2D eigenvalue weighted by Crippen LogP contribution is 2.44. The number of rotatable bonds is 14. The van der Waals surface area contributed by atoms with Crippen molar-refractivity contribution in [3.63, 3.8) is 0 Å². The number of piperidine rings is 1. The SMILES string of the molecule is CC[C@H](C)[C@@H]1NC(=O)[C@H](CC(C)C)N(C)C(=O)C[C@@H](C(=O)N2CCCCC2)N(C)C(=O)[C@H](C2CCCCC2)N(C)C(=O)C2(CCCC2)NC(=O)[C@H](CCC2CN(C(=O)OC(C)(C)C)C2)N(C)C(=O)[C@H](CCC2CCC(C(F)(F)F)C(Cl)C2)NC(=O)CN(C)C(=O)[C@H](CC2CCCCC2)N(C)C(=O)CN(C)C(=O)CN(C)C1=O. The van der Waals surface area contributed by atoms with Crippen molar-refractivity contribution in [2.75, 3.05) is 102 Å². The van der Waals surface area contributed by atoms with Crippen LogP contribution in [-0.4, -0.2) is 293 Å². The second-order valence-corrected chi connectivity index (χ2v) is 35.9. The molecule has 3 unspecified atom stereocenters. The standard InChI is InChI=1S/C81H133ClF3N13O14/c1-16-52(4)68-75(108)91(10)49-66(101)89(8)50-67(102)93(12)62(44-53-28-20-17-21-29-53)73(106)90(9)48-64(99)86-59(36-33-54-32-35-57(58(82)43-54)81(83,84)85)72(105)94(13)60(37-34-55-46-98(47-55)78(111)112-79(5,6)7)71(104)88-80(38-24-25-39-80)77(110)96(15)69(56-30-22-18-23-31-56)76(109)95(14)63(74(107)97-40-26-19-27-41-97)45-65(100)92(11)61(42-51(2)3)70(103)87-68/h51-63,68-69H,16-50H2,1-15H3,(H,86,99)(H,87,103)(H,88,104)/t52-,54?,57?,58?,59-,60-,61-,62-,63-,68-,69-/m0/s1. The first kappa shape index (κ1) is 92.2. The van der Waals surface area contributed by atoms with E-state index in [0.29, 0.717) is 58.0 Å². The van der Waals surface area contributed by atoms with E-state index in [1.807, 2.05) is 20.8 Å². The third kappa shape index (κ3) is 24.5. The van der Waals surface area contributed by atoms with E-state index in [1.54, 1.807) is 32.6 Å². The predicted molar refractivity (Wildman–Crippen MR) is 417 cm³/mol. The van der Waals surface area contributed by atoms with Crippen LogP contribution in [0.3, 0.4) is 0 Å². The number of ether oxygens (including phenoxy) is 1. The van der Waals surface area contributed by atoms with Gasteiger partial charge >= 0.3 is 12.3 Å². The zero-order valence-electron chi connectivity index (χ0n) is 69.6. The van der Waals surface area contributed by atoms with Crippen molar-refractivity contribution in [2.24, 2.45) is 41.4 Å². The van der Waals surface area contributed by atoms with Gasteiger partial charge in [-0.2, -0.15) is 13.2 Å². The van der Waals surface area contributed by atoms with Gasteiger partial charge in [0.05, 0.1) is 32.0 Å². The Labute approximate surface area is 667 Å². The molecule has 7 fully saturated rings. The van der Waals surface area contributed by atoms with Crippen molar-refractivity contribution < 1.29 is 80.2 Å². The summed E-state index contributed by atoms with van der Waals surface area (Å²) in [6, 6.07) is -9.06. The summed E-state index contributed by atoms with van der Waals surface area (Å²) in [7, 11) is 11.4. The first-order chi connectivity index (χ1) is 52.6. The fraction of sp³-hybridized carbons (Fsp3) is 0.840. The molecule has 27 nitrogen and oxygen atoms in total. The van der Waals surface area contributed by atoms with Gasteiger partial charge in [0.15, 0.2) is 0 Å². The van der Waals surface area contributed by atoms with E-state index >= 15 is 33.6 Å². The van der Waals surface area contributed by atoms with E-state index in [-0.39, 0.29) is 101 Å². The molecule has 4 aliphatic carbocycles.